The van der Waals surface area contributed by atoms with Crippen LogP contribution in [0.4, 0.5) is 0 Å². The van der Waals surface area contributed by atoms with Crippen molar-refractivity contribution >= 4 is 11.7 Å². The number of carbonyl (C=O) groups is 2. The Morgan fingerprint density at radius 1 is 1.00 bits per heavy atom. The van der Waals surface area contributed by atoms with Gasteiger partial charge in [0.2, 0.25) is 0 Å². The zero-order valence-electron chi connectivity index (χ0n) is 11.8. The summed E-state index contributed by atoms with van der Waals surface area (Å²) in [6.07, 6.45) is 1.21. The Kier molecular flexibility index (Phi) is 3.62. The van der Waals surface area contributed by atoms with E-state index in [1.807, 2.05) is 0 Å². The number of amides is 1. The van der Waals surface area contributed by atoms with Gasteiger partial charge in [-0.3, -0.25) is 9.59 Å². The summed E-state index contributed by atoms with van der Waals surface area (Å²) in [7, 11) is 1.55. The molecule has 1 heterocycles. The topological polar surface area (TPSA) is 68.1 Å². The first-order valence-electron chi connectivity index (χ1n) is 6.64. The number of hydrogen-bond acceptors (Lipinski definition) is 4. The normalized spacial score (nSPS) is 14.8. The van der Waals surface area contributed by atoms with Gasteiger partial charge in [-0.15, -0.1) is 0 Å². The third-order valence-corrected chi connectivity index (χ3v) is 3.21. The van der Waals surface area contributed by atoms with E-state index < -0.39 is 5.91 Å². The molecule has 0 atom stereocenters. The Morgan fingerprint density at radius 3 is 2.27 bits per heavy atom. The van der Waals surface area contributed by atoms with Crippen LogP contribution in [0, 0.1) is 0 Å². The number of ether oxygens (including phenoxy) is 1. The number of methoxy groups -OCH3 is 1. The molecule has 0 bridgehead atoms. The maximum absolute atomic E-state index is 12.2. The van der Waals surface area contributed by atoms with E-state index in [0.29, 0.717) is 22.0 Å². The molecule has 2 aromatic rings. The van der Waals surface area contributed by atoms with Crippen molar-refractivity contribution in [2.75, 3.05) is 7.11 Å². The zero-order chi connectivity index (χ0) is 15.5. The summed E-state index contributed by atoms with van der Waals surface area (Å²) in [5.41, 5.74) is 0.495. The van der Waals surface area contributed by atoms with Crippen LogP contribution < -0.4 is 15.5 Å². The Bertz CT molecular complexity index is 896. The van der Waals surface area contributed by atoms with Gasteiger partial charge in [-0.05, 0) is 36.4 Å². The maximum Gasteiger partial charge on any atom is 0.296 e. The molecular formula is C17H12N2O3. The molecule has 0 saturated heterocycles. The lowest BCUT2D eigenvalue weighted by atomic mass is 10.1. The lowest BCUT2D eigenvalue weighted by Gasteiger charge is -2.03. The lowest BCUT2D eigenvalue weighted by molar-refractivity contribution is -0.114. The molecule has 0 aliphatic carbocycles. The molecule has 0 unspecified atom stereocenters. The Morgan fingerprint density at radius 2 is 1.64 bits per heavy atom. The minimum absolute atomic E-state index is 0.0412. The minimum atomic E-state index is -0.513. The Hall–Kier alpha value is -3.08. The fraction of sp³-hybridized carbons (Fsp3) is 0.0588. The number of rotatable bonds is 3. The van der Waals surface area contributed by atoms with Crippen LogP contribution >= 0.6 is 0 Å². The third-order valence-electron chi connectivity index (χ3n) is 3.21. The van der Waals surface area contributed by atoms with Gasteiger partial charge in [-0.1, -0.05) is 12.1 Å². The van der Waals surface area contributed by atoms with E-state index in [1.165, 1.54) is 6.08 Å². The highest BCUT2D eigenvalue weighted by Gasteiger charge is 2.14. The molecule has 0 N–H and O–H groups in total. The van der Waals surface area contributed by atoms with Crippen molar-refractivity contribution in [2.24, 2.45) is 9.98 Å². The number of benzene rings is 2. The average Bonchev–Trinajstić information content (AvgIpc) is 2.55. The second-order valence-electron chi connectivity index (χ2n) is 4.64. The lowest BCUT2D eigenvalue weighted by Crippen LogP contribution is -2.30. The van der Waals surface area contributed by atoms with Gasteiger partial charge in [0.05, 0.1) is 17.8 Å². The largest absolute Gasteiger partial charge is 0.497 e. The van der Waals surface area contributed by atoms with Crippen LogP contribution in [0.3, 0.4) is 0 Å². The minimum Gasteiger partial charge on any atom is -0.497 e. The quantitative estimate of drug-likeness (QED) is 0.631. The van der Waals surface area contributed by atoms with E-state index in [2.05, 4.69) is 9.98 Å². The smallest absolute Gasteiger partial charge is 0.296 e. The standard InChI is InChI=1S/C17H12N2O3/c1-22-12-8-6-11(7-9-12)16(20)10-15-17(21)19-14-5-3-2-4-13(14)18-15/h2-10H,1H3/b15-10-. The number of nitrogens with zero attached hydrogens (tertiary/aromatic N) is 2. The first kappa shape index (κ1) is 13.9. The van der Waals surface area contributed by atoms with Crippen LogP contribution in [0.2, 0.25) is 0 Å². The summed E-state index contributed by atoms with van der Waals surface area (Å²) < 4.78 is 5.04. The van der Waals surface area contributed by atoms with Gasteiger partial charge in [-0.2, -0.15) is 0 Å². The highest BCUT2D eigenvalue weighted by atomic mass is 16.5. The van der Waals surface area contributed by atoms with Gasteiger partial charge in [0.25, 0.3) is 5.91 Å². The highest BCUT2D eigenvalue weighted by Crippen LogP contribution is 2.13. The number of para-hydroxylation sites is 2. The molecule has 1 amide bonds. The van der Waals surface area contributed by atoms with Crippen LogP contribution in [-0.4, -0.2) is 18.8 Å². The Balaban J connectivity index is 1.96. The van der Waals surface area contributed by atoms with Crippen molar-refractivity contribution in [2.45, 2.75) is 0 Å². The maximum atomic E-state index is 12.2. The van der Waals surface area contributed by atoms with Crippen LogP contribution in [0.25, 0.3) is 0 Å². The number of carbonyl (C=O) groups excluding carboxylic acids is 2. The van der Waals surface area contributed by atoms with E-state index in [0.717, 1.165) is 0 Å². The van der Waals surface area contributed by atoms with Gasteiger partial charge in [0, 0.05) is 11.6 Å². The van der Waals surface area contributed by atoms with Crippen LogP contribution in [0.15, 0.2) is 70.3 Å². The van der Waals surface area contributed by atoms with Gasteiger partial charge in [0.15, 0.2) is 5.78 Å². The summed E-state index contributed by atoms with van der Waals surface area (Å²) in [6.45, 7) is 0. The van der Waals surface area contributed by atoms with Crippen molar-refractivity contribution in [1.82, 2.24) is 0 Å². The van der Waals surface area contributed by atoms with Crippen molar-refractivity contribution < 1.29 is 14.3 Å². The fourth-order valence-corrected chi connectivity index (χ4v) is 2.05. The molecule has 1 aliphatic rings. The summed E-state index contributed by atoms with van der Waals surface area (Å²) >= 11 is 0. The Labute approximate surface area is 126 Å². The van der Waals surface area contributed by atoms with E-state index in [-0.39, 0.29) is 11.5 Å². The molecule has 5 heteroatoms. The molecular weight excluding hydrogens is 280 g/mol. The van der Waals surface area contributed by atoms with E-state index in [9.17, 15) is 9.59 Å². The number of hydrogen-bond donors (Lipinski definition) is 0. The zero-order valence-corrected chi connectivity index (χ0v) is 11.8. The molecule has 0 fully saturated rings. The molecule has 0 spiro atoms. The second-order valence-corrected chi connectivity index (χ2v) is 4.64. The molecule has 0 aromatic heterocycles. The summed E-state index contributed by atoms with van der Waals surface area (Å²) in [5, 5.41) is 1.09. The molecule has 5 nitrogen and oxygen atoms in total. The van der Waals surface area contributed by atoms with E-state index in [1.54, 1.807) is 55.6 Å². The van der Waals surface area contributed by atoms with E-state index >= 15 is 0 Å². The third kappa shape index (κ3) is 2.69. The van der Waals surface area contributed by atoms with Crippen molar-refractivity contribution in [3.63, 3.8) is 0 Å². The fourth-order valence-electron chi connectivity index (χ4n) is 2.05. The molecule has 2 aromatic carbocycles. The van der Waals surface area contributed by atoms with Crippen LogP contribution in [0.1, 0.15) is 10.4 Å². The van der Waals surface area contributed by atoms with E-state index in [4.69, 9.17) is 4.74 Å². The van der Waals surface area contributed by atoms with Crippen molar-refractivity contribution in [3.8, 4) is 5.75 Å². The first-order valence-corrected chi connectivity index (χ1v) is 6.64. The summed E-state index contributed by atoms with van der Waals surface area (Å²) in [6, 6.07) is 13.7. The molecule has 22 heavy (non-hydrogen) atoms. The molecule has 0 saturated carbocycles. The molecule has 1 aliphatic heterocycles. The monoisotopic (exact) mass is 292 g/mol. The molecule has 108 valence electrons. The first-order chi connectivity index (χ1) is 10.7. The average molecular weight is 292 g/mol. The highest BCUT2D eigenvalue weighted by molar-refractivity contribution is 6.09. The van der Waals surface area contributed by atoms with Gasteiger partial charge >= 0.3 is 0 Å². The summed E-state index contributed by atoms with van der Waals surface area (Å²) in [4.78, 5) is 32.2. The van der Waals surface area contributed by atoms with Crippen molar-refractivity contribution in [1.29, 1.82) is 0 Å². The number of ketones is 1. The van der Waals surface area contributed by atoms with Gasteiger partial charge in [-0.25, -0.2) is 9.98 Å². The predicted molar refractivity (Wildman–Crippen MR) is 79.2 cm³/mol. The van der Waals surface area contributed by atoms with Crippen molar-refractivity contribution in [3.05, 3.63) is 76.6 Å². The van der Waals surface area contributed by atoms with Crippen LogP contribution in [-0.2, 0) is 4.79 Å². The number of fused-ring (bicyclic) bond motifs is 1. The predicted octanol–water partition coefficient (Wildman–Crippen LogP) is 1.24. The van der Waals surface area contributed by atoms with Crippen LogP contribution in [0.5, 0.6) is 5.75 Å². The second kappa shape index (κ2) is 5.73. The molecule has 0 radical (unpaired) electrons. The number of allylic oxidation sites excluding steroid dienone is 1. The SMILES string of the molecule is COc1ccc(C(=O)/C=C2\N=c3ccccc3=NC2=O)cc1. The van der Waals surface area contributed by atoms with Gasteiger partial charge in [0.1, 0.15) is 11.4 Å². The summed E-state index contributed by atoms with van der Waals surface area (Å²) in [5.74, 6) is -0.156. The molecule has 3 rings (SSSR count). The van der Waals surface area contributed by atoms with Gasteiger partial charge < -0.3 is 4.74 Å².